The lowest BCUT2D eigenvalue weighted by molar-refractivity contribution is 0.0238. The smallest absolute Gasteiger partial charge is 0.0696 e. The Kier molecular flexibility index (Phi) is 11.9. The number of rotatable bonds is 12. The van der Waals surface area contributed by atoms with Crippen LogP contribution in [0.5, 0.6) is 0 Å². The van der Waals surface area contributed by atoms with Crippen LogP contribution in [0.25, 0.3) is 0 Å². The van der Waals surface area contributed by atoms with Crippen molar-refractivity contribution in [3.63, 3.8) is 0 Å². The van der Waals surface area contributed by atoms with Crippen LogP contribution in [0.2, 0.25) is 0 Å². The third-order valence-electron chi connectivity index (χ3n) is 3.49. The van der Waals surface area contributed by atoms with Crippen LogP contribution >= 0.6 is 0 Å². The normalized spacial score (nSPS) is 15.0. The van der Waals surface area contributed by atoms with E-state index in [9.17, 15) is 0 Å². The van der Waals surface area contributed by atoms with Crippen LogP contribution in [0.3, 0.4) is 0 Å². The predicted octanol–water partition coefficient (Wildman–Crippen LogP) is 4.24. The fourth-order valence-corrected chi connectivity index (χ4v) is 2.02. The average Bonchev–Trinajstić information content (AvgIpc) is 2.36. The van der Waals surface area contributed by atoms with Gasteiger partial charge in [-0.2, -0.15) is 0 Å². The SMILES string of the molecule is CCCCC(CC)COC(CC)CNCC(C)C. The molecule has 0 spiro atoms. The molecule has 0 aromatic carbocycles. The topological polar surface area (TPSA) is 21.3 Å². The molecule has 0 aliphatic heterocycles. The summed E-state index contributed by atoms with van der Waals surface area (Å²) in [5.74, 6) is 1.47. The van der Waals surface area contributed by atoms with Crippen LogP contribution in [0.15, 0.2) is 0 Å². The monoisotopic (exact) mass is 257 g/mol. The number of nitrogens with one attached hydrogen (secondary N) is 1. The third-order valence-corrected chi connectivity index (χ3v) is 3.49. The van der Waals surface area contributed by atoms with Crippen LogP contribution in [-0.2, 0) is 4.74 Å². The van der Waals surface area contributed by atoms with Crippen molar-refractivity contribution in [3.8, 4) is 0 Å². The van der Waals surface area contributed by atoms with E-state index in [1.165, 1.54) is 25.7 Å². The zero-order chi connectivity index (χ0) is 13.8. The Balaban J connectivity index is 3.75. The average molecular weight is 257 g/mol. The first-order valence-electron chi connectivity index (χ1n) is 7.96. The summed E-state index contributed by atoms with van der Waals surface area (Å²) in [5, 5.41) is 3.50. The molecule has 2 nitrogen and oxygen atoms in total. The van der Waals surface area contributed by atoms with Gasteiger partial charge in [0, 0.05) is 13.2 Å². The van der Waals surface area contributed by atoms with E-state index in [0.717, 1.165) is 38.0 Å². The first kappa shape index (κ1) is 17.9. The molecule has 0 fully saturated rings. The Labute approximate surface area is 115 Å². The maximum absolute atomic E-state index is 6.06. The minimum Gasteiger partial charge on any atom is -0.377 e. The summed E-state index contributed by atoms with van der Waals surface area (Å²) in [6.07, 6.45) is 6.70. The van der Waals surface area contributed by atoms with Crippen LogP contribution in [0, 0.1) is 11.8 Å². The second-order valence-electron chi connectivity index (χ2n) is 5.83. The Morgan fingerprint density at radius 2 is 1.72 bits per heavy atom. The van der Waals surface area contributed by atoms with Gasteiger partial charge in [-0.3, -0.25) is 0 Å². The molecular formula is C16H35NO. The lowest BCUT2D eigenvalue weighted by Gasteiger charge is -2.21. The molecular weight excluding hydrogens is 222 g/mol. The Bertz CT molecular complexity index is 170. The molecule has 0 rings (SSSR count). The highest BCUT2D eigenvalue weighted by Crippen LogP contribution is 2.14. The summed E-state index contributed by atoms with van der Waals surface area (Å²) in [6.45, 7) is 14.3. The molecule has 2 heteroatoms. The zero-order valence-corrected chi connectivity index (χ0v) is 13.3. The van der Waals surface area contributed by atoms with E-state index in [1.54, 1.807) is 0 Å². The largest absolute Gasteiger partial charge is 0.377 e. The van der Waals surface area contributed by atoms with E-state index in [0.29, 0.717) is 6.10 Å². The van der Waals surface area contributed by atoms with Crippen molar-refractivity contribution >= 4 is 0 Å². The maximum atomic E-state index is 6.06. The van der Waals surface area contributed by atoms with E-state index in [2.05, 4.69) is 39.9 Å². The first-order valence-corrected chi connectivity index (χ1v) is 7.96. The third kappa shape index (κ3) is 9.90. The lowest BCUT2D eigenvalue weighted by atomic mass is 10.0. The molecule has 2 unspecified atom stereocenters. The molecule has 0 aromatic heterocycles. The van der Waals surface area contributed by atoms with Crippen molar-refractivity contribution in [2.45, 2.75) is 72.8 Å². The van der Waals surface area contributed by atoms with Crippen LogP contribution < -0.4 is 5.32 Å². The number of unbranched alkanes of at least 4 members (excludes halogenated alkanes) is 1. The second kappa shape index (κ2) is 12.0. The summed E-state index contributed by atoms with van der Waals surface area (Å²) in [6, 6.07) is 0. The molecule has 0 aliphatic rings. The number of hydrogen-bond acceptors (Lipinski definition) is 2. The van der Waals surface area contributed by atoms with Crippen LogP contribution in [0.1, 0.15) is 66.7 Å². The molecule has 110 valence electrons. The van der Waals surface area contributed by atoms with E-state index >= 15 is 0 Å². The molecule has 0 bridgehead atoms. The van der Waals surface area contributed by atoms with Crippen molar-refractivity contribution < 1.29 is 4.74 Å². The molecule has 0 aliphatic carbocycles. The molecule has 18 heavy (non-hydrogen) atoms. The Morgan fingerprint density at radius 1 is 1.00 bits per heavy atom. The van der Waals surface area contributed by atoms with Gasteiger partial charge in [0.2, 0.25) is 0 Å². The van der Waals surface area contributed by atoms with E-state index in [4.69, 9.17) is 4.74 Å². The standard InChI is InChI=1S/C16H35NO/c1-6-9-10-15(7-2)13-18-16(8-3)12-17-11-14(4)5/h14-17H,6-13H2,1-5H3. The number of ether oxygens (including phenoxy) is 1. The fourth-order valence-electron chi connectivity index (χ4n) is 2.02. The number of hydrogen-bond donors (Lipinski definition) is 1. The highest BCUT2D eigenvalue weighted by molar-refractivity contribution is 4.63. The minimum atomic E-state index is 0.388. The summed E-state index contributed by atoms with van der Waals surface area (Å²) in [4.78, 5) is 0. The van der Waals surface area contributed by atoms with Gasteiger partial charge in [-0.25, -0.2) is 0 Å². The minimum absolute atomic E-state index is 0.388. The van der Waals surface area contributed by atoms with Gasteiger partial charge < -0.3 is 10.1 Å². The van der Waals surface area contributed by atoms with Crippen LogP contribution in [0.4, 0.5) is 0 Å². The van der Waals surface area contributed by atoms with Gasteiger partial charge in [0.1, 0.15) is 0 Å². The molecule has 0 saturated carbocycles. The molecule has 0 heterocycles. The molecule has 2 atom stereocenters. The second-order valence-corrected chi connectivity index (χ2v) is 5.83. The summed E-state index contributed by atoms with van der Waals surface area (Å²) < 4.78 is 6.06. The van der Waals surface area contributed by atoms with Gasteiger partial charge in [-0.15, -0.1) is 0 Å². The maximum Gasteiger partial charge on any atom is 0.0696 e. The van der Waals surface area contributed by atoms with Gasteiger partial charge in [0.15, 0.2) is 0 Å². The highest BCUT2D eigenvalue weighted by Gasteiger charge is 2.11. The highest BCUT2D eigenvalue weighted by atomic mass is 16.5. The molecule has 0 saturated heterocycles. The van der Waals surface area contributed by atoms with Gasteiger partial charge in [-0.05, 0) is 31.2 Å². The first-order chi connectivity index (χ1) is 8.63. The van der Waals surface area contributed by atoms with E-state index in [1.807, 2.05) is 0 Å². The fraction of sp³-hybridized carbons (Fsp3) is 1.00. The molecule has 0 radical (unpaired) electrons. The Hall–Kier alpha value is -0.0800. The molecule has 0 amide bonds. The van der Waals surface area contributed by atoms with Crippen molar-refractivity contribution in [2.75, 3.05) is 19.7 Å². The zero-order valence-electron chi connectivity index (χ0n) is 13.3. The van der Waals surface area contributed by atoms with Crippen molar-refractivity contribution in [1.29, 1.82) is 0 Å². The lowest BCUT2D eigenvalue weighted by Crippen LogP contribution is -2.32. The molecule has 1 N–H and O–H groups in total. The van der Waals surface area contributed by atoms with Gasteiger partial charge in [-0.1, -0.05) is 53.9 Å². The van der Waals surface area contributed by atoms with Crippen molar-refractivity contribution in [1.82, 2.24) is 5.32 Å². The van der Waals surface area contributed by atoms with Gasteiger partial charge in [0.05, 0.1) is 6.10 Å². The quantitative estimate of drug-likeness (QED) is 0.564. The van der Waals surface area contributed by atoms with E-state index in [-0.39, 0.29) is 0 Å². The van der Waals surface area contributed by atoms with Gasteiger partial charge in [0.25, 0.3) is 0 Å². The Morgan fingerprint density at radius 3 is 2.22 bits per heavy atom. The summed E-state index contributed by atoms with van der Waals surface area (Å²) in [5.41, 5.74) is 0. The van der Waals surface area contributed by atoms with Crippen molar-refractivity contribution in [2.24, 2.45) is 11.8 Å². The summed E-state index contributed by atoms with van der Waals surface area (Å²) >= 11 is 0. The molecule has 0 aromatic rings. The van der Waals surface area contributed by atoms with Crippen molar-refractivity contribution in [3.05, 3.63) is 0 Å². The predicted molar refractivity (Wildman–Crippen MR) is 81.0 cm³/mol. The van der Waals surface area contributed by atoms with E-state index < -0.39 is 0 Å². The van der Waals surface area contributed by atoms with Crippen LogP contribution in [-0.4, -0.2) is 25.8 Å². The van der Waals surface area contributed by atoms with Gasteiger partial charge >= 0.3 is 0 Å². The summed E-state index contributed by atoms with van der Waals surface area (Å²) in [7, 11) is 0.